The zero-order valence-corrected chi connectivity index (χ0v) is 21.4. The molecule has 1 unspecified atom stereocenters. The van der Waals surface area contributed by atoms with Crippen molar-refractivity contribution < 1.29 is 9.47 Å². The lowest BCUT2D eigenvalue weighted by Crippen LogP contribution is -2.61. The second-order valence-corrected chi connectivity index (χ2v) is 9.79. The average molecular weight is 510 g/mol. The number of ether oxygens (including phenoxy) is 2. The Balaban J connectivity index is 1.21. The summed E-state index contributed by atoms with van der Waals surface area (Å²) >= 11 is 0. The van der Waals surface area contributed by atoms with Gasteiger partial charge >= 0.3 is 0 Å². The van der Waals surface area contributed by atoms with Crippen molar-refractivity contribution >= 4 is 33.7 Å². The molecular weight excluding hydrogens is 482 g/mol. The number of methoxy groups -OCH3 is 1. The Kier molecular flexibility index (Phi) is 5.25. The number of nitrogens with one attached hydrogen (secondary N) is 1. The van der Waals surface area contributed by atoms with Gasteiger partial charge in [0.05, 0.1) is 23.7 Å². The number of aryl methyl sites for hydroxylation is 1. The molecule has 5 heterocycles. The number of likely N-dealkylation sites (tertiary alicyclic amines) is 1. The van der Waals surface area contributed by atoms with Gasteiger partial charge in [-0.3, -0.25) is 4.90 Å². The SMILES string of the molecule is COc1ccc2ncnc(Nc3ccc(Oc4cc5ncnn5cn4)c(C)c3)c2c1N1C[C@@H]2C1CCN2C. The van der Waals surface area contributed by atoms with Crippen LogP contribution in [0.5, 0.6) is 17.4 Å². The normalized spacial score (nSPS) is 19.0. The average Bonchev–Trinajstić information content (AvgIpc) is 3.49. The standard InChI is InChI=1S/C27H27N9O2/c1-16-10-17(4-6-21(16)38-24-11-23-29-14-32-36(23)15-31-24)33-27-25-18(28-13-30-27)5-7-22(37-3)26(25)35-12-20-19(35)8-9-34(20)2/h4-7,10-11,13-15,19-20H,8-9,12H2,1-3H3,(H,28,30,33)/t19?,20-/m1/s1. The van der Waals surface area contributed by atoms with Crippen molar-refractivity contribution in [2.45, 2.75) is 25.4 Å². The van der Waals surface area contributed by atoms with E-state index < -0.39 is 0 Å². The molecule has 5 aromatic rings. The summed E-state index contributed by atoms with van der Waals surface area (Å²) in [4.78, 5) is 22.6. The zero-order valence-electron chi connectivity index (χ0n) is 21.4. The van der Waals surface area contributed by atoms with Crippen LogP contribution in [0.4, 0.5) is 17.2 Å². The molecule has 192 valence electrons. The van der Waals surface area contributed by atoms with Gasteiger partial charge in [-0.05, 0) is 56.3 Å². The van der Waals surface area contributed by atoms with Gasteiger partial charge in [0, 0.05) is 36.9 Å². The molecule has 2 fully saturated rings. The molecule has 2 aliphatic rings. The maximum atomic E-state index is 6.04. The van der Waals surface area contributed by atoms with E-state index in [1.54, 1.807) is 30.3 Å². The van der Waals surface area contributed by atoms with Crippen LogP contribution < -0.4 is 19.7 Å². The second kappa shape index (κ2) is 8.80. The van der Waals surface area contributed by atoms with Crippen LogP contribution >= 0.6 is 0 Å². The monoisotopic (exact) mass is 509 g/mol. The van der Waals surface area contributed by atoms with Crippen molar-refractivity contribution in [1.82, 2.24) is 34.4 Å². The topological polar surface area (TPSA) is 106 Å². The Labute approximate surface area is 219 Å². The molecule has 1 N–H and O–H groups in total. The fourth-order valence-corrected chi connectivity index (χ4v) is 5.59. The molecule has 0 radical (unpaired) electrons. The van der Waals surface area contributed by atoms with Gasteiger partial charge in [0.25, 0.3) is 0 Å². The van der Waals surface area contributed by atoms with Gasteiger partial charge < -0.3 is 19.7 Å². The molecule has 0 bridgehead atoms. The molecular formula is C27H27N9O2. The van der Waals surface area contributed by atoms with Crippen LogP contribution in [-0.4, -0.2) is 73.8 Å². The van der Waals surface area contributed by atoms with E-state index in [0.717, 1.165) is 58.9 Å². The lowest BCUT2D eigenvalue weighted by molar-refractivity contribution is 0.241. The number of benzene rings is 2. The molecule has 2 saturated heterocycles. The van der Waals surface area contributed by atoms with Crippen LogP contribution in [0.2, 0.25) is 0 Å². The number of hydrogen-bond donors (Lipinski definition) is 1. The third-order valence-electron chi connectivity index (χ3n) is 7.62. The smallest absolute Gasteiger partial charge is 0.224 e. The molecule has 3 aromatic heterocycles. The van der Waals surface area contributed by atoms with Gasteiger partial charge in [-0.15, -0.1) is 0 Å². The van der Waals surface area contributed by atoms with Crippen molar-refractivity contribution in [3.63, 3.8) is 0 Å². The third-order valence-corrected chi connectivity index (χ3v) is 7.62. The van der Waals surface area contributed by atoms with Crippen LogP contribution in [0.15, 0.2) is 55.4 Å². The van der Waals surface area contributed by atoms with Crippen LogP contribution in [0.25, 0.3) is 16.6 Å². The fraction of sp³-hybridized carbons (Fsp3) is 0.296. The lowest BCUT2D eigenvalue weighted by atomic mass is 9.94. The summed E-state index contributed by atoms with van der Waals surface area (Å²) in [5.41, 5.74) is 4.45. The lowest BCUT2D eigenvalue weighted by Gasteiger charge is -2.48. The molecule has 2 atom stereocenters. The summed E-state index contributed by atoms with van der Waals surface area (Å²) in [6, 6.07) is 12.7. The first kappa shape index (κ1) is 22.7. The molecule has 0 amide bonds. The van der Waals surface area contributed by atoms with Crippen molar-refractivity contribution in [2.24, 2.45) is 0 Å². The largest absolute Gasteiger partial charge is 0.495 e. The van der Waals surface area contributed by atoms with Gasteiger partial charge in [-0.25, -0.2) is 24.5 Å². The molecule has 38 heavy (non-hydrogen) atoms. The second-order valence-electron chi connectivity index (χ2n) is 9.79. The van der Waals surface area contributed by atoms with E-state index in [1.807, 2.05) is 37.3 Å². The minimum absolute atomic E-state index is 0.457. The summed E-state index contributed by atoms with van der Waals surface area (Å²) in [6.07, 6.45) is 5.80. The van der Waals surface area contributed by atoms with Crippen LogP contribution in [0.1, 0.15) is 12.0 Å². The number of fused-ring (bicyclic) bond motifs is 3. The third kappa shape index (κ3) is 3.66. The summed E-state index contributed by atoms with van der Waals surface area (Å²) in [7, 11) is 3.93. The van der Waals surface area contributed by atoms with Gasteiger partial charge in [-0.2, -0.15) is 5.10 Å². The molecule has 0 saturated carbocycles. The van der Waals surface area contributed by atoms with Crippen LogP contribution in [-0.2, 0) is 0 Å². The Morgan fingerprint density at radius 3 is 2.71 bits per heavy atom. The maximum Gasteiger partial charge on any atom is 0.224 e. The van der Waals surface area contributed by atoms with E-state index in [-0.39, 0.29) is 0 Å². The highest BCUT2D eigenvalue weighted by atomic mass is 16.5. The molecule has 2 aliphatic heterocycles. The van der Waals surface area contributed by atoms with E-state index in [0.29, 0.717) is 29.4 Å². The predicted octanol–water partition coefficient (Wildman–Crippen LogP) is 3.81. The summed E-state index contributed by atoms with van der Waals surface area (Å²) in [5, 5.41) is 8.56. The highest BCUT2D eigenvalue weighted by molar-refractivity contribution is 6.04. The Morgan fingerprint density at radius 1 is 0.974 bits per heavy atom. The van der Waals surface area contributed by atoms with E-state index in [9.17, 15) is 0 Å². The zero-order chi connectivity index (χ0) is 25.8. The number of nitrogens with zero attached hydrogens (tertiary/aromatic N) is 8. The molecule has 0 aliphatic carbocycles. The highest BCUT2D eigenvalue weighted by Crippen LogP contribution is 2.46. The number of hydrogen-bond acceptors (Lipinski definition) is 10. The highest BCUT2D eigenvalue weighted by Gasteiger charge is 2.46. The number of anilines is 3. The van der Waals surface area contributed by atoms with Gasteiger partial charge in [-0.1, -0.05) is 0 Å². The molecule has 7 rings (SSSR count). The van der Waals surface area contributed by atoms with Crippen molar-refractivity contribution in [3.05, 3.63) is 60.9 Å². The first-order valence-electron chi connectivity index (χ1n) is 12.6. The Hall–Kier alpha value is -4.51. The van der Waals surface area contributed by atoms with E-state index >= 15 is 0 Å². The predicted molar refractivity (Wildman–Crippen MR) is 144 cm³/mol. The van der Waals surface area contributed by atoms with Gasteiger partial charge in [0.15, 0.2) is 5.65 Å². The van der Waals surface area contributed by atoms with Crippen LogP contribution in [0.3, 0.4) is 0 Å². The van der Waals surface area contributed by atoms with Gasteiger partial charge in [0.1, 0.15) is 36.3 Å². The van der Waals surface area contributed by atoms with Crippen molar-refractivity contribution in [3.8, 4) is 17.4 Å². The fourth-order valence-electron chi connectivity index (χ4n) is 5.59. The molecule has 11 nitrogen and oxygen atoms in total. The number of likely N-dealkylation sites (N-methyl/N-ethyl adjacent to an activating group) is 1. The molecule has 0 spiro atoms. The summed E-state index contributed by atoms with van der Waals surface area (Å²) in [5.74, 6) is 2.74. The van der Waals surface area contributed by atoms with Gasteiger partial charge in [0.2, 0.25) is 5.88 Å². The van der Waals surface area contributed by atoms with E-state index in [1.165, 1.54) is 6.33 Å². The first-order valence-corrected chi connectivity index (χ1v) is 12.6. The van der Waals surface area contributed by atoms with E-state index in [2.05, 4.69) is 47.2 Å². The Morgan fingerprint density at radius 2 is 1.87 bits per heavy atom. The molecule has 11 heteroatoms. The van der Waals surface area contributed by atoms with E-state index in [4.69, 9.17) is 9.47 Å². The number of aromatic nitrogens is 6. The quantitative estimate of drug-likeness (QED) is 0.363. The number of rotatable bonds is 6. The summed E-state index contributed by atoms with van der Waals surface area (Å²) in [6.45, 7) is 4.07. The van der Waals surface area contributed by atoms with Crippen molar-refractivity contribution in [1.29, 1.82) is 0 Å². The first-order chi connectivity index (χ1) is 18.6. The van der Waals surface area contributed by atoms with Crippen LogP contribution in [0, 0.1) is 6.92 Å². The maximum absolute atomic E-state index is 6.04. The minimum Gasteiger partial charge on any atom is -0.495 e. The molecule has 2 aromatic carbocycles. The Bertz CT molecular complexity index is 1670. The summed E-state index contributed by atoms with van der Waals surface area (Å²) < 4.78 is 13.5. The minimum atomic E-state index is 0.457. The van der Waals surface area contributed by atoms with Crippen molar-refractivity contribution in [2.75, 3.05) is 37.5 Å².